The molecule has 0 aliphatic heterocycles. The summed E-state index contributed by atoms with van der Waals surface area (Å²) >= 11 is 0. The Labute approximate surface area is 118 Å². The molecule has 0 saturated carbocycles. The molecule has 0 unspecified atom stereocenters. The fourth-order valence-electron chi connectivity index (χ4n) is 1.65. The zero-order chi connectivity index (χ0) is 15.1. The lowest BCUT2D eigenvalue weighted by Gasteiger charge is -2.17. The Kier molecular flexibility index (Phi) is 6.11. The molecule has 2 N–H and O–H groups in total. The van der Waals surface area contributed by atoms with Crippen LogP contribution < -0.4 is 10.6 Å². The molecule has 0 spiro atoms. The number of nitrogens with one attached hydrogen (secondary N) is 2. The summed E-state index contributed by atoms with van der Waals surface area (Å²) in [6, 6.07) is 5.59. The second-order valence-corrected chi connectivity index (χ2v) is 4.95. The lowest BCUT2D eigenvalue weighted by Crippen LogP contribution is -2.41. The van der Waals surface area contributed by atoms with Crippen LogP contribution in [0.25, 0.3) is 0 Å². The number of amides is 2. The summed E-state index contributed by atoms with van der Waals surface area (Å²) in [6.45, 7) is 3.98. The van der Waals surface area contributed by atoms with Crippen molar-refractivity contribution in [2.45, 2.75) is 19.9 Å². The fourth-order valence-corrected chi connectivity index (χ4v) is 1.65. The predicted octanol–water partition coefficient (Wildman–Crippen LogP) is 1.22. The van der Waals surface area contributed by atoms with Crippen molar-refractivity contribution in [2.24, 2.45) is 0 Å². The maximum Gasteiger partial charge on any atom is 0.238 e. The maximum absolute atomic E-state index is 12.7. The van der Waals surface area contributed by atoms with Gasteiger partial charge in [-0.25, -0.2) is 4.39 Å². The van der Waals surface area contributed by atoms with Gasteiger partial charge in [0.05, 0.1) is 13.1 Å². The number of anilines is 1. The van der Waals surface area contributed by atoms with Gasteiger partial charge in [0.2, 0.25) is 11.8 Å². The summed E-state index contributed by atoms with van der Waals surface area (Å²) < 4.78 is 12.7. The molecule has 0 heterocycles. The average molecular weight is 281 g/mol. The molecule has 5 nitrogen and oxygen atoms in total. The topological polar surface area (TPSA) is 61.4 Å². The molecule has 2 amide bonds. The number of benzene rings is 1. The highest BCUT2D eigenvalue weighted by atomic mass is 19.1. The lowest BCUT2D eigenvalue weighted by molar-refractivity contribution is -0.123. The summed E-state index contributed by atoms with van der Waals surface area (Å²) in [5.74, 6) is -0.737. The van der Waals surface area contributed by atoms with Gasteiger partial charge < -0.3 is 10.6 Å². The van der Waals surface area contributed by atoms with E-state index in [1.807, 2.05) is 13.8 Å². The van der Waals surface area contributed by atoms with Gasteiger partial charge in [-0.3, -0.25) is 14.5 Å². The van der Waals surface area contributed by atoms with Gasteiger partial charge in [-0.2, -0.15) is 0 Å². The van der Waals surface area contributed by atoms with Gasteiger partial charge in [0, 0.05) is 11.7 Å². The highest BCUT2D eigenvalue weighted by Crippen LogP contribution is 2.07. The van der Waals surface area contributed by atoms with E-state index >= 15 is 0 Å². The van der Waals surface area contributed by atoms with Crippen molar-refractivity contribution >= 4 is 17.5 Å². The molecule has 0 fully saturated rings. The highest BCUT2D eigenvalue weighted by Gasteiger charge is 2.11. The molecular formula is C14H20FN3O2. The number of likely N-dealkylation sites (N-methyl/N-ethyl adjacent to an activating group) is 1. The van der Waals surface area contributed by atoms with Gasteiger partial charge >= 0.3 is 0 Å². The Morgan fingerprint density at radius 2 is 1.70 bits per heavy atom. The number of hydrogen-bond acceptors (Lipinski definition) is 3. The van der Waals surface area contributed by atoms with Crippen LogP contribution >= 0.6 is 0 Å². The maximum atomic E-state index is 12.7. The highest BCUT2D eigenvalue weighted by molar-refractivity contribution is 5.92. The number of rotatable bonds is 6. The van der Waals surface area contributed by atoms with Crippen LogP contribution in [0.5, 0.6) is 0 Å². The summed E-state index contributed by atoms with van der Waals surface area (Å²) in [6.07, 6.45) is 0. The molecule has 0 aliphatic rings. The van der Waals surface area contributed by atoms with Crippen molar-refractivity contribution in [1.82, 2.24) is 10.2 Å². The SMILES string of the molecule is CC(C)NC(=O)CN(C)CC(=O)Nc1ccc(F)cc1. The number of carbonyl (C=O) groups excluding carboxylic acids is 2. The Bertz CT molecular complexity index is 460. The molecule has 1 aromatic rings. The summed E-state index contributed by atoms with van der Waals surface area (Å²) in [4.78, 5) is 24.9. The van der Waals surface area contributed by atoms with Gasteiger partial charge in [-0.1, -0.05) is 0 Å². The molecular weight excluding hydrogens is 261 g/mol. The number of halogens is 1. The van der Waals surface area contributed by atoms with Crippen LogP contribution in [-0.4, -0.2) is 42.9 Å². The Morgan fingerprint density at radius 1 is 1.15 bits per heavy atom. The summed E-state index contributed by atoms with van der Waals surface area (Å²) in [5, 5.41) is 5.38. The summed E-state index contributed by atoms with van der Waals surface area (Å²) in [7, 11) is 1.68. The van der Waals surface area contributed by atoms with Crippen LogP contribution in [0.4, 0.5) is 10.1 Å². The van der Waals surface area contributed by atoms with E-state index in [1.54, 1.807) is 11.9 Å². The molecule has 20 heavy (non-hydrogen) atoms. The summed E-state index contributed by atoms with van der Waals surface area (Å²) in [5.41, 5.74) is 0.524. The Morgan fingerprint density at radius 3 is 2.25 bits per heavy atom. The first kappa shape index (κ1) is 16.1. The first-order valence-corrected chi connectivity index (χ1v) is 6.40. The predicted molar refractivity (Wildman–Crippen MR) is 75.8 cm³/mol. The van der Waals surface area contributed by atoms with Crippen molar-refractivity contribution in [3.05, 3.63) is 30.1 Å². The van der Waals surface area contributed by atoms with E-state index in [2.05, 4.69) is 10.6 Å². The first-order valence-electron chi connectivity index (χ1n) is 6.40. The van der Waals surface area contributed by atoms with E-state index in [0.717, 1.165) is 0 Å². The van der Waals surface area contributed by atoms with Gasteiger partial charge in [-0.15, -0.1) is 0 Å². The Hall–Kier alpha value is -1.95. The lowest BCUT2D eigenvalue weighted by atomic mass is 10.3. The van der Waals surface area contributed by atoms with E-state index in [1.165, 1.54) is 24.3 Å². The quantitative estimate of drug-likeness (QED) is 0.824. The van der Waals surface area contributed by atoms with Crippen molar-refractivity contribution in [2.75, 3.05) is 25.5 Å². The van der Waals surface area contributed by atoms with Crippen molar-refractivity contribution in [1.29, 1.82) is 0 Å². The van der Waals surface area contributed by atoms with Crippen LogP contribution in [0.1, 0.15) is 13.8 Å². The molecule has 6 heteroatoms. The smallest absolute Gasteiger partial charge is 0.238 e. The fraction of sp³-hybridized carbons (Fsp3) is 0.429. The van der Waals surface area contributed by atoms with Crippen LogP contribution in [0.2, 0.25) is 0 Å². The minimum Gasteiger partial charge on any atom is -0.353 e. The molecule has 110 valence electrons. The molecule has 0 bridgehead atoms. The third-order valence-corrected chi connectivity index (χ3v) is 2.40. The van der Waals surface area contributed by atoms with E-state index in [4.69, 9.17) is 0 Å². The van der Waals surface area contributed by atoms with Crippen LogP contribution in [0.15, 0.2) is 24.3 Å². The van der Waals surface area contributed by atoms with Crippen molar-refractivity contribution in [3.63, 3.8) is 0 Å². The largest absolute Gasteiger partial charge is 0.353 e. The zero-order valence-electron chi connectivity index (χ0n) is 11.9. The molecule has 0 saturated heterocycles. The van der Waals surface area contributed by atoms with E-state index in [-0.39, 0.29) is 36.8 Å². The minimum absolute atomic E-state index is 0.0731. The van der Waals surface area contributed by atoms with Gasteiger partial charge in [0.25, 0.3) is 0 Å². The van der Waals surface area contributed by atoms with Crippen LogP contribution in [-0.2, 0) is 9.59 Å². The van der Waals surface area contributed by atoms with Crippen LogP contribution in [0.3, 0.4) is 0 Å². The van der Waals surface area contributed by atoms with Crippen LogP contribution in [0, 0.1) is 5.82 Å². The van der Waals surface area contributed by atoms with Crippen molar-refractivity contribution in [3.8, 4) is 0 Å². The van der Waals surface area contributed by atoms with E-state index < -0.39 is 0 Å². The third-order valence-electron chi connectivity index (χ3n) is 2.40. The molecule has 1 rings (SSSR count). The second-order valence-electron chi connectivity index (χ2n) is 4.95. The molecule has 0 aromatic heterocycles. The molecule has 0 atom stereocenters. The number of nitrogens with zero attached hydrogens (tertiary/aromatic N) is 1. The van der Waals surface area contributed by atoms with E-state index in [9.17, 15) is 14.0 Å². The zero-order valence-corrected chi connectivity index (χ0v) is 11.9. The number of hydrogen-bond donors (Lipinski definition) is 2. The Balaban J connectivity index is 2.38. The van der Waals surface area contributed by atoms with Gasteiger partial charge in [0.15, 0.2) is 0 Å². The van der Waals surface area contributed by atoms with Crippen molar-refractivity contribution < 1.29 is 14.0 Å². The van der Waals surface area contributed by atoms with Gasteiger partial charge in [0.1, 0.15) is 5.82 Å². The normalized spacial score (nSPS) is 10.7. The van der Waals surface area contributed by atoms with Gasteiger partial charge in [-0.05, 0) is 45.2 Å². The standard InChI is InChI=1S/C14H20FN3O2/c1-10(2)16-13(19)8-18(3)9-14(20)17-12-6-4-11(15)5-7-12/h4-7,10H,8-9H2,1-3H3,(H,16,19)(H,17,20). The third kappa shape index (κ3) is 6.29. The molecule has 0 aliphatic carbocycles. The van der Waals surface area contributed by atoms with E-state index in [0.29, 0.717) is 5.69 Å². The minimum atomic E-state index is -0.356. The second kappa shape index (κ2) is 7.59. The first-order chi connectivity index (χ1) is 9.36. The molecule has 1 aromatic carbocycles. The average Bonchev–Trinajstić information content (AvgIpc) is 2.30. The molecule has 0 radical (unpaired) electrons. The number of carbonyl (C=O) groups is 2. The monoisotopic (exact) mass is 281 g/mol.